The van der Waals surface area contributed by atoms with Gasteiger partial charge in [0.25, 0.3) is 0 Å². The van der Waals surface area contributed by atoms with Crippen molar-refractivity contribution >= 4 is 11.8 Å². The van der Waals surface area contributed by atoms with Gasteiger partial charge in [0.15, 0.2) is 0 Å². The van der Waals surface area contributed by atoms with Gasteiger partial charge < -0.3 is 9.47 Å². The maximum Gasteiger partial charge on any atom is 0.148 e. The molecule has 1 aliphatic rings. The molecule has 0 aromatic rings. The van der Waals surface area contributed by atoms with E-state index in [0.717, 1.165) is 6.61 Å². The highest BCUT2D eigenvalue weighted by Crippen LogP contribution is 2.13. The molecule has 0 saturated carbocycles. The summed E-state index contributed by atoms with van der Waals surface area (Å²) in [5.74, 6) is 0. The van der Waals surface area contributed by atoms with Crippen molar-refractivity contribution in [1.29, 1.82) is 0 Å². The third kappa shape index (κ3) is 1.33. The number of hydrogen-bond acceptors (Lipinski definition) is 3. The Morgan fingerprint density at radius 3 is 2.86 bits per heavy atom. The first-order chi connectivity index (χ1) is 3.43. The molecule has 7 heavy (non-hydrogen) atoms. The highest BCUT2D eigenvalue weighted by molar-refractivity contribution is 7.99. The van der Waals surface area contributed by atoms with Gasteiger partial charge in [0.2, 0.25) is 0 Å². The van der Waals surface area contributed by atoms with Gasteiger partial charge in [-0.05, 0) is 6.26 Å². The predicted molar refractivity (Wildman–Crippen MR) is 29.2 cm³/mol. The lowest BCUT2D eigenvalue weighted by atomic mass is 10.8. The zero-order valence-corrected chi connectivity index (χ0v) is 5.03. The number of hydrogen-bond donors (Lipinski definition) is 0. The standard InChI is InChI=1S/C4H8O2S/c1-7-4-2-5-3-6-4/h4H,2-3H2,1H3. The maximum absolute atomic E-state index is 5.04. The fraction of sp³-hybridized carbons (Fsp3) is 1.00. The van der Waals surface area contributed by atoms with Crippen LogP contribution in [-0.4, -0.2) is 25.1 Å². The second-order valence-corrected chi connectivity index (χ2v) is 2.32. The fourth-order valence-electron chi connectivity index (χ4n) is 0.453. The monoisotopic (exact) mass is 120 g/mol. The Morgan fingerprint density at radius 1 is 1.71 bits per heavy atom. The van der Waals surface area contributed by atoms with Gasteiger partial charge in [-0.1, -0.05) is 0 Å². The number of rotatable bonds is 1. The van der Waals surface area contributed by atoms with Crippen LogP contribution in [-0.2, 0) is 9.47 Å². The fourth-order valence-corrected chi connectivity index (χ4v) is 0.876. The SMILES string of the molecule is CSC1COCO1. The molecule has 0 bridgehead atoms. The van der Waals surface area contributed by atoms with E-state index >= 15 is 0 Å². The van der Waals surface area contributed by atoms with E-state index in [1.54, 1.807) is 11.8 Å². The number of ether oxygens (including phenoxy) is 2. The summed E-state index contributed by atoms with van der Waals surface area (Å²) in [5.41, 5.74) is 0.292. The molecular weight excluding hydrogens is 112 g/mol. The highest BCUT2D eigenvalue weighted by Gasteiger charge is 2.12. The minimum atomic E-state index is 0.292. The van der Waals surface area contributed by atoms with Gasteiger partial charge in [-0.15, -0.1) is 11.8 Å². The Hall–Kier alpha value is 0.270. The van der Waals surface area contributed by atoms with E-state index in [1.807, 2.05) is 6.26 Å². The first-order valence-electron chi connectivity index (χ1n) is 2.15. The Morgan fingerprint density at radius 2 is 2.57 bits per heavy atom. The normalized spacial score (nSPS) is 31.3. The number of thioether (sulfide) groups is 1. The molecule has 1 aliphatic heterocycles. The second-order valence-electron chi connectivity index (χ2n) is 1.32. The molecule has 0 radical (unpaired) electrons. The van der Waals surface area contributed by atoms with Crippen LogP contribution in [0.25, 0.3) is 0 Å². The molecule has 0 amide bonds. The Bertz CT molecular complexity index is 51.7. The molecule has 1 unspecified atom stereocenters. The van der Waals surface area contributed by atoms with E-state index in [0.29, 0.717) is 12.2 Å². The van der Waals surface area contributed by atoms with Crippen molar-refractivity contribution < 1.29 is 9.47 Å². The molecule has 0 spiro atoms. The van der Waals surface area contributed by atoms with Crippen LogP contribution in [0.15, 0.2) is 0 Å². The molecule has 0 aliphatic carbocycles. The Balaban J connectivity index is 2.14. The van der Waals surface area contributed by atoms with Crippen LogP contribution in [0.1, 0.15) is 0 Å². The molecular formula is C4H8O2S. The molecule has 0 N–H and O–H groups in total. The predicted octanol–water partition coefficient (Wildman–Crippen LogP) is 0.680. The average molecular weight is 120 g/mol. The van der Waals surface area contributed by atoms with Crippen molar-refractivity contribution in [3.8, 4) is 0 Å². The summed E-state index contributed by atoms with van der Waals surface area (Å²) in [7, 11) is 0. The molecule has 2 nitrogen and oxygen atoms in total. The Kier molecular flexibility index (Phi) is 1.97. The van der Waals surface area contributed by atoms with Crippen molar-refractivity contribution in [3.63, 3.8) is 0 Å². The molecule has 1 rings (SSSR count). The van der Waals surface area contributed by atoms with Gasteiger partial charge >= 0.3 is 0 Å². The zero-order chi connectivity index (χ0) is 5.11. The van der Waals surface area contributed by atoms with Crippen LogP contribution >= 0.6 is 11.8 Å². The summed E-state index contributed by atoms with van der Waals surface area (Å²) in [6, 6.07) is 0. The van der Waals surface area contributed by atoms with E-state index in [1.165, 1.54) is 0 Å². The Labute approximate surface area is 47.2 Å². The van der Waals surface area contributed by atoms with Crippen LogP contribution in [0.5, 0.6) is 0 Å². The third-order valence-electron chi connectivity index (χ3n) is 0.854. The molecule has 0 aromatic carbocycles. The van der Waals surface area contributed by atoms with Gasteiger partial charge in [0, 0.05) is 0 Å². The van der Waals surface area contributed by atoms with Gasteiger partial charge in [-0.25, -0.2) is 0 Å². The molecule has 1 heterocycles. The molecule has 0 aromatic heterocycles. The average Bonchev–Trinajstić information content (AvgIpc) is 2.14. The lowest BCUT2D eigenvalue weighted by Gasteiger charge is -1.98. The maximum atomic E-state index is 5.04. The largest absolute Gasteiger partial charge is 0.352 e. The summed E-state index contributed by atoms with van der Waals surface area (Å²) in [6.45, 7) is 1.23. The summed E-state index contributed by atoms with van der Waals surface area (Å²) >= 11 is 1.69. The molecule has 3 heteroatoms. The van der Waals surface area contributed by atoms with Gasteiger partial charge in [0.1, 0.15) is 12.2 Å². The first-order valence-corrected chi connectivity index (χ1v) is 3.44. The lowest BCUT2D eigenvalue weighted by molar-refractivity contribution is 0.0641. The summed E-state index contributed by atoms with van der Waals surface area (Å²) < 4.78 is 9.95. The topological polar surface area (TPSA) is 18.5 Å². The summed E-state index contributed by atoms with van der Waals surface area (Å²) in [5, 5.41) is 0. The van der Waals surface area contributed by atoms with Crippen LogP contribution in [0, 0.1) is 0 Å². The van der Waals surface area contributed by atoms with Crippen LogP contribution in [0.4, 0.5) is 0 Å². The van der Waals surface area contributed by atoms with Gasteiger partial charge in [-0.2, -0.15) is 0 Å². The van der Waals surface area contributed by atoms with Crippen LogP contribution < -0.4 is 0 Å². The minimum Gasteiger partial charge on any atom is -0.352 e. The van der Waals surface area contributed by atoms with E-state index in [9.17, 15) is 0 Å². The van der Waals surface area contributed by atoms with E-state index < -0.39 is 0 Å². The highest BCUT2D eigenvalue weighted by atomic mass is 32.2. The summed E-state index contributed by atoms with van der Waals surface area (Å²) in [4.78, 5) is 0. The van der Waals surface area contributed by atoms with Crippen LogP contribution in [0.2, 0.25) is 0 Å². The molecule has 1 saturated heterocycles. The first kappa shape index (κ1) is 5.41. The lowest BCUT2D eigenvalue weighted by Crippen LogP contribution is -2.00. The van der Waals surface area contributed by atoms with Crippen molar-refractivity contribution in [1.82, 2.24) is 0 Å². The molecule has 42 valence electrons. The van der Waals surface area contributed by atoms with Crippen molar-refractivity contribution in [2.75, 3.05) is 19.7 Å². The van der Waals surface area contributed by atoms with E-state index in [2.05, 4.69) is 0 Å². The molecule has 1 atom stereocenters. The van der Waals surface area contributed by atoms with Crippen molar-refractivity contribution in [3.05, 3.63) is 0 Å². The van der Waals surface area contributed by atoms with Gasteiger partial charge in [-0.3, -0.25) is 0 Å². The van der Waals surface area contributed by atoms with E-state index in [-0.39, 0.29) is 0 Å². The zero-order valence-electron chi connectivity index (χ0n) is 4.22. The minimum absolute atomic E-state index is 0.292. The smallest absolute Gasteiger partial charge is 0.148 e. The molecule has 1 fully saturated rings. The second kappa shape index (κ2) is 2.55. The van der Waals surface area contributed by atoms with Crippen molar-refractivity contribution in [2.24, 2.45) is 0 Å². The quantitative estimate of drug-likeness (QED) is 0.507. The van der Waals surface area contributed by atoms with E-state index in [4.69, 9.17) is 9.47 Å². The third-order valence-corrected chi connectivity index (χ3v) is 1.65. The van der Waals surface area contributed by atoms with Crippen molar-refractivity contribution in [2.45, 2.75) is 5.44 Å². The van der Waals surface area contributed by atoms with Gasteiger partial charge in [0.05, 0.1) is 6.61 Å². The summed E-state index contributed by atoms with van der Waals surface area (Å²) in [6.07, 6.45) is 2.01. The van der Waals surface area contributed by atoms with Crippen LogP contribution in [0.3, 0.4) is 0 Å².